The lowest BCUT2D eigenvalue weighted by atomic mass is 9.90. The predicted octanol–water partition coefficient (Wildman–Crippen LogP) is 5.21. The van der Waals surface area contributed by atoms with Crippen molar-refractivity contribution in [2.45, 2.75) is 56.4 Å². The zero-order chi connectivity index (χ0) is 26.7. The van der Waals surface area contributed by atoms with Crippen LogP contribution >= 0.6 is 22.7 Å². The molecule has 10 heteroatoms. The normalized spacial score (nSPS) is 18.3. The van der Waals surface area contributed by atoms with Gasteiger partial charge >= 0.3 is 11.7 Å². The number of oxazole rings is 1. The first-order chi connectivity index (χ1) is 18.4. The van der Waals surface area contributed by atoms with Gasteiger partial charge in [-0.3, -0.25) is 9.36 Å². The Bertz CT molecular complexity index is 1400. The molecule has 8 nitrogen and oxygen atoms in total. The van der Waals surface area contributed by atoms with E-state index in [0.717, 1.165) is 44.9 Å². The van der Waals surface area contributed by atoms with Gasteiger partial charge in [0, 0.05) is 18.2 Å². The molecule has 1 aromatic carbocycles. The molecule has 0 bridgehead atoms. The van der Waals surface area contributed by atoms with Crippen LogP contribution in [0.2, 0.25) is 0 Å². The van der Waals surface area contributed by atoms with Gasteiger partial charge < -0.3 is 19.2 Å². The molecule has 3 aromatic heterocycles. The molecular weight excluding hydrogens is 524 g/mol. The summed E-state index contributed by atoms with van der Waals surface area (Å²) in [6.07, 6.45) is 4.75. The topological polar surface area (TPSA) is 102 Å². The van der Waals surface area contributed by atoms with E-state index in [2.05, 4.69) is 11.9 Å². The molecule has 200 valence electrons. The van der Waals surface area contributed by atoms with Gasteiger partial charge in [-0.05, 0) is 86.8 Å². The van der Waals surface area contributed by atoms with Crippen molar-refractivity contribution in [3.05, 3.63) is 79.1 Å². The second-order valence-electron chi connectivity index (χ2n) is 9.69. The van der Waals surface area contributed by atoms with E-state index in [-0.39, 0.29) is 6.10 Å². The molecule has 1 aliphatic carbocycles. The van der Waals surface area contributed by atoms with E-state index in [4.69, 9.17) is 9.15 Å². The number of rotatable bonds is 11. The first kappa shape index (κ1) is 26.6. The number of carbonyl (C=O) groups is 2. The summed E-state index contributed by atoms with van der Waals surface area (Å²) in [6.45, 7) is 1.34. The van der Waals surface area contributed by atoms with Crippen LogP contribution in [0.1, 0.15) is 52.2 Å². The number of aliphatic carboxylic acids is 1. The first-order valence-electron chi connectivity index (χ1n) is 12.7. The molecule has 0 unspecified atom stereocenters. The molecule has 0 saturated heterocycles. The fourth-order valence-corrected chi connectivity index (χ4v) is 7.15. The average Bonchev–Trinajstić information content (AvgIpc) is 3.70. The molecule has 1 fully saturated rings. The Labute approximate surface area is 228 Å². The van der Waals surface area contributed by atoms with E-state index in [9.17, 15) is 19.5 Å². The highest BCUT2D eigenvalue weighted by Gasteiger charge is 2.48. The van der Waals surface area contributed by atoms with Crippen molar-refractivity contribution < 1.29 is 23.8 Å². The minimum Gasteiger partial charge on any atom is -0.479 e. The maximum atomic E-state index is 12.7. The van der Waals surface area contributed by atoms with Gasteiger partial charge in [0.1, 0.15) is 6.29 Å². The second kappa shape index (κ2) is 11.4. The Balaban J connectivity index is 1.18. The van der Waals surface area contributed by atoms with Gasteiger partial charge in [-0.1, -0.05) is 12.1 Å². The smallest absolute Gasteiger partial charge is 0.419 e. The van der Waals surface area contributed by atoms with Gasteiger partial charge in [-0.2, -0.15) is 0 Å². The van der Waals surface area contributed by atoms with Crippen molar-refractivity contribution in [2.75, 3.05) is 13.6 Å². The number of aldehydes is 1. The number of hydrogen-bond donors (Lipinski definition) is 1. The Morgan fingerprint density at radius 3 is 2.42 bits per heavy atom. The average molecular weight is 555 g/mol. The lowest BCUT2D eigenvalue weighted by molar-refractivity contribution is -0.170. The maximum absolute atomic E-state index is 12.7. The van der Waals surface area contributed by atoms with Crippen LogP contribution in [0.5, 0.6) is 0 Å². The van der Waals surface area contributed by atoms with Crippen molar-refractivity contribution in [2.24, 2.45) is 0 Å². The Morgan fingerprint density at radius 2 is 1.84 bits per heavy atom. The van der Waals surface area contributed by atoms with Crippen LogP contribution in [0.3, 0.4) is 0 Å². The Hall–Kier alpha value is -3.05. The van der Waals surface area contributed by atoms with Crippen molar-refractivity contribution in [3.63, 3.8) is 0 Å². The van der Waals surface area contributed by atoms with E-state index in [1.807, 2.05) is 35.0 Å². The maximum Gasteiger partial charge on any atom is 0.419 e. The Kier molecular flexibility index (Phi) is 7.94. The molecule has 0 aliphatic heterocycles. The van der Waals surface area contributed by atoms with Crippen LogP contribution in [0, 0.1) is 0 Å². The van der Waals surface area contributed by atoms with Crippen LogP contribution in [-0.4, -0.2) is 52.6 Å². The van der Waals surface area contributed by atoms with E-state index in [1.165, 1.54) is 22.7 Å². The van der Waals surface area contributed by atoms with Gasteiger partial charge in [0.05, 0.1) is 21.4 Å². The minimum atomic E-state index is -1.47. The van der Waals surface area contributed by atoms with Crippen LogP contribution in [0.15, 0.2) is 62.4 Å². The summed E-state index contributed by atoms with van der Waals surface area (Å²) in [5.74, 6) is -1.40. The summed E-state index contributed by atoms with van der Waals surface area (Å²) >= 11 is 2.82. The number of aryl methyl sites for hydroxylation is 1. The number of thiophene rings is 2. The molecule has 1 aliphatic rings. The third-order valence-corrected chi connectivity index (χ3v) is 9.31. The molecule has 5 rings (SSSR count). The van der Waals surface area contributed by atoms with Crippen molar-refractivity contribution in [1.82, 2.24) is 9.47 Å². The summed E-state index contributed by atoms with van der Waals surface area (Å²) < 4.78 is 13.4. The van der Waals surface area contributed by atoms with E-state index < -0.39 is 17.3 Å². The number of ether oxygens (including phenoxy) is 1. The van der Waals surface area contributed by atoms with E-state index in [1.54, 1.807) is 22.8 Å². The number of carbonyl (C=O) groups excluding carboxylic acids is 1. The SMILES string of the molecule is CN(CCCn1c(=O)oc2cc(C=O)ccc21)C1CCC(OC(C(=O)O)(c2cccs2)c2cccs2)CC1. The highest BCUT2D eigenvalue weighted by Crippen LogP contribution is 2.42. The zero-order valence-corrected chi connectivity index (χ0v) is 22.7. The highest BCUT2D eigenvalue weighted by molar-refractivity contribution is 7.12. The van der Waals surface area contributed by atoms with E-state index >= 15 is 0 Å². The molecule has 0 atom stereocenters. The summed E-state index contributed by atoms with van der Waals surface area (Å²) in [6, 6.07) is 12.8. The third-order valence-electron chi connectivity index (χ3n) is 7.37. The first-order valence-corrected chi connectivity index (χ1v) is 14.5. The van der Waals surface area contributed by atoms with Gasteiger partial charge in [-0.15, -0.1) is 22.7 Å². The van der Waals surface area contributed by atoms with Crippen molar-refractivity contribution >= 4 is 46.0 Å². The number of hydrogen-bond acceptors (Lipinski definition) is 8. The molecule has 0 spiro atoms. The van der Waals surface area contributed by atoms with Crippen LogP contribution in [0.25, 0.3) is 11.1 Å². The molecule has 1 saturated carbocycles. The van der Waals surface area contributed by atoms with Crippen LogP contribution < -0.4 is 5.76 Å². The summed E-state index contributed by atoms with van der Waals surface area (Å²) in [7, 11) is 2.09. The number of carboxylic acids is 1. The summed E-state index contributed by atoms with van der Waals surface area (Å²) in [5.41, 5.74) is 0.121. The zero-order valence-electron chi connectivity index (χ0n) is 21.1. The molecule has 38 heavy (non-hydrogen) atoms. The van der Waals surface area contributed by atoms with Crippen LogP contribution in [-0.2, 0) is 21.7 Å². The molecule has 0 radical (unpaired) electrons. The standard InChI is InChI=1S/C28H30N2O6S2/c1-29(13-4-14-30-22-12-7-19(18-31)17-23(22)35-27(30)34)20-8-10-21(11-9-20)36-28(26(32)33,24-5-2-15-37-24)25-6-3-16-38-25/h2-3,5-7,12,15-18,20-21H,4,8-11,13-14H2,1H3,(H,32,33). The van der Waals surface area contributed by atoms with Gasteiger partial charge in [0.15, 0.2) is 5.58 Å². The third kappa shape index (κ3) is 5.13. The second-order valence-corrected chi connectivity index (χ2v) is 11.6. The van der Waals surface area contributed by atoms with Gasteiger partial charge in [-0.25, -0.2) is 9.59 Å². The number of fused-ring (bicyclic) bond motifs is 1. The lowest BCUT2D eigenvalue weighted by Crippen LogP contribution is -2.44. The van der Waals surface area contributed by atoms with Crippen molar-refractivity contribution in [1.29, 1.82) is 0 Å². The fourth-order valence-electron chi connectivity index (χ4n) is 5.34. The number of benzene rings is 1. The molecule has 3 heterocycles. The lowest BCUT2D eigenvalue weighted by Gasteiger charge is -2.38. The quantitative estimate of drug-likeness (QED) is 0.254. The molecular formula is C28H30N2O6S2. The number of nitrogens with zero attached hydrogens (tertiary/aromatic N) is 2. The van der Waals surface area contributed by atoms with Crippen molar-refractivity contribution in [3.8, 4) is 0 Å². The highest BCUT2D eigenvalue weighted by atomic mass is 32.1. The molecule has 1 N–H and O–H groups in total. The Morgan fingerprint density at radius 1 is 1.16 bits per heavy atom. The number of aromatic nitrogens is 1. The molecule has 4 aromatic rings. The largest absolute Gasteiger partial charge is 0.479 e. The van der Waals surface area contributed by atoms with Crippen LogP contribution in [0.4, 0.5) is 0 Å². The molecule has 0 amide bonds. The minimum absolute atomic E-state index is 0.146. The summed E-state index contributed by atoms with van der Waals surface area (Å²) in [5, 5.41) is 14.1. The van der Waals surface area contributed by atoms with Gasteiger partial charge in [0.25, 0.3) is 0 Å². The predicted molar refractivity (Wildman–Crippen MR) is 147 cm³/mol. The van der Waals surface area contributed by atoms with E-state index in [0.29, 0.717) is 39.0 Å². The fraction of sp³-hybridized carbons (Fsp3) is 0.393. The monoisotopic (exact) mass is 554 g/mol. The van der Waals surface area contributed by atoms with Gasteiger partial charge in [0.2, 0.25) is 5.60 Å². The summed E-state index contributed by atoms with van der Waals surface area (Å²) in [4.78, 5) is 39.7. The number of carboxylic acid groups (broad SMARTS) is 1.